The standard InChI is InChI=1S/C16H21NO2S/c1-6-9-19-14-8-7-13(10-15(14)18-5)16(20)17-12(4)11(2)3/h1,7-8,10-12H,9H2,2-5H3,(H,17,20)/t12-/m0/s1. The average Bonchev–Trinajstić information content (AvgIpc) is 2.44. The van der Waals surface area contributed by atoms with E-state index < -0.39 is 0 Å². The molecule has 0 saturated carbocycles. The molecule has 0 spiro atoms. The number of nitrogens with one attached hydrogen (secondary N) is 1. The van der Waals surface area contributed by atoms with Crippen molar-refractivity contribution < 1.29 is 9.47 Å². The van der Waals surface area contributed by atoms with Crippen molar-refractivity contribution in [3.05, 3.63) is 23.8 Å². The maximum Gasteiger partial charge on any atom is 0.162 e. The molecule has 20 heavy (non-hydrogen) atoms. The molecule has 1 atom stereocenters. The van der Waals surface area contributed by atoms with Gasteiger partial charge in [-0.15, -0.1) is 6.42 Å². The van der Waals surface area contributed by atoms with Crippen molar-refractivity contribution in [3.8, 4) is 23.8 Å². The van der Waals surface area contributed by atoms with E-state index in [-0.39, 0.29) is 6.61 Å². The van der Waals surface area contributed by atoms with Gasteiger partial charge in [-0.1, -0.05) is 32.0 Å². The van der Waals surface area contributed by atoms with Gasteiger partial charge in [-0.3, -0.25) is 0 Å². The summed E-state index contributed by atoms with van der Waals surface area (Å²) >= 11 is 5.41. The van der Waals surface area contributed by atoms with E-state index in [2.05, 4.69) is 32.0 Å². The molecule has 3 nitrogen and oxygen atoms in total. The van der Waals surface area contributed by atoms with Crippen LogP contribution >= 0.6 is 12.2 Å². The van der Waals surface area contributed by atoms with Crippen LogP contribution in [-0.2, 0) is 0 Å². The molecule has 0 aliphatic carbocycles. The van der Waals surface area contributed by atoms with Crippen molar-refractivity contribution in [2.24, 2.45) is 5.92 Å². The molecule has 1 aromatic rings. The predicted octanol–water partition coefficient (Wildman–Crippen LogP) is 3.02. The van der Waals surface area contributed by atoms with E-state index in [4.69, 9.17) is 28.1 Å². The Bertz CT molecular complexity index is 506. The molecule has 0 fully saturated rings. The Morgan fingerprint density at radius 1 is 1.35 bits per heavy atom. The summed E-state index contributed by atoms with van der Waals surface area (Å²) in [5, 5.41) is 3.31. The predicted molar refractivity (Wildman–Crippen MR) is 86.5 cm³/mol. The number of methoxy groups -OCH3 is 1. The van der Waals surface area contributed by atoms with Gasteiger partial charge >= 0.3 is 0 Å². The van der Waals surface area contributed by atoms with Crippen molar-refractivity contribution in [2.75, 3.05) is 13.7 Å². The highest BCUT2D eigenvalue weighted by Crippen LogP contribution is 2.28. The van der Waals surface area contributed by atoms with Crippen LogP contribution in [0.1, 0.15) is 26.3 Å². The van der Waals surface area contributed by atoms with Gasteiger partial charge < -0.3 is 14.8 Å². The minimum absolute atomic E-state index is 0.211. The molecule has 4 heteroatoms. The average molecular weight is 291 g/mol. The second kappa shape index (κ2) is 7.76. The fraction of sp³-hybridized carbons (Fsp3) is 0.438. The molecule has 0 saturated heterocycles. The van der Waals surface area contributed by atoms with Gasteiger partial charge in [-0.25, -0.2) is 0 Å². The number of benzene rings is 1. The number of hydrogen-bond acceptors (Lipinski definition) is 3. The molecular formula is C16H21NO2S. The van der Waals surface area contributed by atoms with Crippen molar-refractivity contribution in [1.82, 2.24) is 5.32 Å². The maximum atomic E-state index is 5.41. The molecule has 1 N–H and O–H groups in total. The van der Waals surface area contributed by atoms with Crippen LogP contribution in [0, 0.1) is 18.3 Å². The first-order valence-corrected chi connectivity index (χ1v) is 6.95. The first-order chi connectivity index (χ1) is 9.49. The maximum absolute atomic E-state index is 5.41. The monoisotopic (exact) mass is 291 g/mol. The second-order valence-electron chi connectivity index (χ2n) is 4.86. The smallest absolute Gasteiger partial charge is 0.162 e. The molecule has 1 aromatic carbocycles. The third-order valence-electron chi connectivity index (χ3n) is 3.10. The summed E-state index contributed by atoms with van der Waals surface area (Å²) in [5.74, 6) is 4.18. The molecule has 0 heterocycles. The normalized spacial score (nSPS) is 11.6. The summed E-state index contributed by atoms with van der Waals surface area (Å²) in [4.78, 5) is 0.702. The van der Waals surface area contributed by atoms with Crippen molar-refractivity contribution in [2.45, 2.75) is 26.8 Å². The minimum atomic E-state index is 0.211. The molecule has 0 aromatic heterocycles. The largest absolute Gasteiger partial charge is 0.493 e. The fourth-order valence-corrected chi connectivity index (χ4v) is 1.82. The third-order valence-corrected chi connectivity index (χ3v) is 3.45. The van der Waals surface area contributed by atoms with E-state index in [1.807, 2.05) is 18.2 Å². The Kier molecular flexibility index (Phi) is 6.33. The molecule has 0 bridgehead atoms. The lowest BCUT2D eigenvalue weighted by atomic mass is 10.1. The SMILES string of the molecule is C#CCOc1ccc(C(=S)N[C@@H](C)C(C)C)cc1OC. The van der Waals surface area contributed by atoms with E-state index in [1.54, 1.807) is 7.11 Å². The first-order valence-electron chi connectivity index (χ1n) is 6.54. The highest BCUT2D eigenvalue weighted by molar-refractivity contribution is 7.80. The van der Waals surface area contributed by atoms with Crippen LogP contribution < -0.4 is 14.8 Å². The molecule has 0 aliphatic rings. The van der Waals surface area contributed by atoms with Gasteiger partial charge in [0.2, 0.25) is 0 Å². The molecular weight excluding hydrogens is 270 g/mol. The van der Waals surface area contributed by atoms with Crippen molar-refractivity contribution >= 4 is 17.2 Å². The zero-order chi connectivity index (χ0) is 15.1. The third kappa shape index (κ3) is 4.43. The van der Waals surface area contributed by atoms with Gasteiger partial charge in [-0.05, 0) is 31.0 Å². The zero-order valence-corrected chi connectivity index (χ0v) is 13.2. The summed E-state index contributed by atoms with van der Waals surface area (Å²) in [7, 11) is 1.59. The number of terminal acetylenes is 1. The second-order valence-corrected chi connectivity index (χ2v) is 5.27. The first kappa shape index (κ1) is 16.3. The Labute approximate surface area is 126 Å². The Hall–Kier alpha value is -1.73. The van der Waals surface area contributed by atoms with Crippen LogP contribution in [0.3, 0.4) is 0 Å². The quantitative estimate of drug-likeness (QED) is 0.645. The molecule has 108 valence electrons. The highest BCUT2D eigenvalue weighted by Gasteiger charge is 2.12. The summed E-state index contributed by atoms with van der Waals surface area (Å²) < 4.78 is 10.7. The number of rotatable bonds is 6. The lowest BCUT2D eigenvalue weighted by Crippen LogP contribution is -2.35. The molecule has 1 rings (SSSR count). The number of ether oxygens (including phenoxy) is 2. The molecule has 0 aliphatic heterocycles. The fourth-order valence-electron chi connectivity index (χ4n) is 1.50. The van der Waals surface area contributed by atoms with Gasteiger partial charge in [0.25, 0.3) is 0 Å². The van der Waals surface area contributed by atoms with Gasteiger partial charge in [0.05, 0.1) is 7.11 Å². The minimum Gasteiger partial charge on any atom is -0.493 e. The summed E-state index contributed by atoms with van der Waals surface area (Å²) in [6.45, 7) is 6.62. The van der Waals surface area contributed by atoms with Crippen LogP contribution in [0.25, 0.3) is 0 Å². The number of hydrogen-bond donors (Lipinski definition) is 1. The van der Waals surface area contributed by atoms with Gasteiger partial charge in [-0.2, -0.15) is 0 Å². The van der Waals surface area contributed by atoms with Crippen molar-refractivity contribution in [3.63, 3.8) is 0 Å². The molecule has 0 amide bonds. The Balaban J connectivity index is 2.87. The van der Waals surface area contributed by atoms with Crippen LogP contribution in [0.4, 0.5) is 0 Å². The summed E-state index contributed by atoms with van der Waals surface area (Å²) in [6, 6.07) is 5.88. The topological polar surface area (TPSA) is 30.5 Å². The van der Waals surface area contributed by atoms with E-state index in [9.17, 15) is 0 Å². The van der Waals surface area contributed by atoms with Crippen LogP contribution in [0.5, 0.6) is 11.5 Å². The van der Waals surface area contributed by atoms with Crippen LogP contribution in [0.15, 0.2) is 18.2 Å². The zero-order valence-electron chi connectivity index (χ0n) is 12.4. The highest BCUT2D eigenvalue weighted by atomic mass is 32.1. The van der Waals surface area contributed by atoms with E-state index in [0.29, 0.717) is 28.4 Å². The van der Waals surface area contributed by atoms with Crippen molar-refractivity contribution in [1.29, 1.82) is 0 Å². The van der Waals surface area contributed by atoms with E-state index in [1.165, 1.54) is 0 Å². The number of thiocarbonyl (C=S) groups is 1. The Morgan fingerprint density at radius 2 is 2.05 bits per heavy atom. The van der Waals surface area contributed by atoms with Gasteiger partial charge in [0.15, 0.2) is 11.5 Å². The van der Waals surface area contributed by atoms with Gasteiger partial charge in [0.1, 0.15) is 11.6 Å². The molecule has 0 radical (unpaired) electrons. The van der Waals surface area contributed by atoms with Gasteiger partial charge in [0, 0.05) is 11.6 Å². The molecule has 0 unspecified atom stereocenters. The lowest BCUT2D eigenvalue weighted by molar-refractivity contribution is 0.331. The summed E-state index contributed by atoms with van der Waals surface area (Å²) in [5.41, 5.74) is 0.900. The van der Waals surface area contributed by atoms with Crippen LogP contribution in [0.2, 0.25) is 0 Å². The van der Waals surface area contributed by atoms with E-state index >= 15 is 0 Å². The van der Waals surface area contributed by atoms with Crippen LogP contribution in [-0.4, -0.2) is 24.7 Å². The lowest BCUT2D eigenvalue weighted by Gasteiger charge is -2.20. The summed E-state index contributed by atoms with van der Waals surface area (Å²) in [6.07, 6.45) is 5.18. The van der Waals surface area contributed by atoms with E-state index in [0.717, 1.165) is 5.56 Å². The Morgan fingerprint density at radius 3 is 2.60 bits per heavy atom.